The Hall–Kier alpha value is -4.26. The van der Waals surface area contributed by atoms with Crippen molar-refractivity contribution in [3.05, 3.63) is 90.5 Å². The van der Waals surface area contributed by atoms with Gasteiger partial charge in [-0.3, -0.25) is 19.9 Å². The Balaban J connectivity index is 1.93. The molecule has 11 nitrogen and oxygen atoms in total. The zero-order valence-corrected chi connectivity index (χ0v) is 17.0. The smallest absolute Gasteiger partial charge is 0.357 e. The maximum atomic E-state index is 13.0. The Bertz CT molecular complexity index is 1430. The molecule has 3 rings (SSSR count). The molecule has 32 heavy (non-hydrogen) atoms. The summed E-state index contributed by atoms with van der Waals surface area (Å²) in [7, 11) is -3.01. The highest BCUT2D eigenvalue weighted by molar-refractivity contribution is 7.87. The molecule has 13 heteroatoms. The molecule has 1 heterocycles. The Morgan fingerprint density at radius 3 is 2.34 bits per heavy atom. The molecule has 0 radical (unpaired) electrons. The predicted octanol–water partition coefficient (Wildman–Crippen LogP) is 2.06. The monoisotopic (exact) mass is 463 g/mol. The van der Waals surface area contributed by atoms with Crippen molar-refractivity contribution in [1.82, 2.24) is 9.97 Å². The third kappa shape index (κ3) is 4.89. The van der Waals surface area contributed by atoms with Crippen LogP contribution in [0.2, 0.25) is 0 Å². The summed E-state index contributed by atoms with van der Waals surface area (Å²) in [6.07, 6.45) is 2.47. The van der Waals surface area contributed by atoms with Gasteiger partial charge in [-0.15, -0.1) is 0 Å². The molecule has 0 atom stereocenters. The van der Waals surface area contributed by atoms with Crippen LogP contribution in [0.25, 0.3) is 12.2 Å². The normalized spacial score (nSPS) is 11.4. The van der Waals surface area contributed by atoms with Crippen LogP contribution in [0.4, 0.5) is 10.1 Å². The Labute approximate surface area is 179 Å². The van der Waals surface area contributed by atoms with E-state index >= 15 is 0 Å². The van der Waals surface area contributed by atoms with E-state index in [0.29, 0.717) is 5.56 Å². The number of aromatic amines is 2. The van der Waals surface area contributed by atoms with Gasteiger partial charge < -0.3 is 13.9 Å². The molecule has 0 fully saturated rings. The van der Waals surface area contributed by atoms with E-state index in [-0.39, 0.29) is 22.1 Å². The second-order valence-corrected chi connectivity index (χ2v) is 7.71. The number of hydrogen-bond acceptors (Lipinski definition) is 8. The first kappa shape index (κ1) is 22.4. The molecule has 1 aromatic heterocycles. The van der Waals surface area contributed by atoms with Crippen molar-refractivity contribution in [3.63, 3.8) is 0 Å². The summed E-state index contributed by atoms with van der Waals surface area (Å²) in [6.45, 7) is 0. The number of halogens is 1. The molecule has 0 spiro atoms. The van der Waals surface area contributed by atoms with E-state index in [0.717, 1.165) is 30.3 Å². The number of ether oxygens (including phenoxy) is 1. The lowest BCUT2D eigenvalue weighted by Crippen LogP contribution is -2.25. The molecule has 2 aromatic carbocycles. The van der Waals surface area contributed by atoms with Crippen LogP contribution in [-0.2, 0) is 10.1 Å². The van der Waals surface area contributed by atoms with Crippen molar-refractivity contribution in [1.29, 1.82) is 0 Å². The molecule has 0 bridgehead atoms. The molecule has 0 aliphatic heterocycles. The first-order valence-corrected chi connectivity index (χ1v) is 10.1. The van der Waals surface area contributed by atoms with Gasteiger partial charge in [0.05, 0.1) is 12.0 Å². The highest BCUT2D eigenvalue weighted by Gasteiger charge is 2.20. The van der Waals surface area contributed by atoms with Crippen molar-refractivity contribution < 1.29 is 26.7 Å². The van der Waals surface area contributed by atoms with Crippen LogP contribution in [0.1, 0.15) is 11.3 Å². The van der Waals surface area contributed by atoms with Gasteiger partial charge in [-0.1, -0.05) is 12.1 Å². The van der Waals surface area contributed by atoms with E-state index in [2.05, 4.69) is 4.98 Å². The fraction of sp³-hybridized carbons (Fsp3) is 0.0526. The fourth-order valence-electron chi connectivity index (χ4n) is 2.60. The second-order valence-electron chi connectivity index (χ2n) is 6.16. The summed E-state index contributed by atoms with van der Waals surface area (Å²) >= 11 is 0. The number of H-pyrrole nitrogens is 2. The van der Waals surface area contributed by atoms with E-state index < -0.39 is 37.8 Å². The summed E-state index contributed by atoms with van der Waals surface area (Å²) < 4.78 is 48.0. The van der Waals surface area contributed by atoms with E-state index in [1.54, 1.807) is 4.98 Å². The molecule has 0 saturated heterocycles. The molecular weight excluding hydrogens is 449 g/mol. The van der Waals surface area contributed by atoms with Gasteiger partial charge >= 0.3 is 27.1 Å². The number of nitrogens with zero attached hydrogens (tertiary/aromatic N) is 1. The van der Waals surface area contributed by atoms with Crippen LogP contribution >= 0.6 is 0 Å². The number of nitrogens with one attached hydrogen (secondary N) is 2. The lowest BCUT2D eigenvalue weighted by Gasteiger charge is -2.11. The minimum Gasteiger partial charge on any atom is -0.493 e. The zero-order valence-electron chi connectivity index (χ0n) is 16.2. The largest absolute Gasteiger partial charge is 0.493 e. The molecule has 2 N–H and O–H groups in total. The molecule has 0 unspecified atom stereocenters. The van der Waals surface area contributed by atoms with Gasteiger partial charge in [-0.05, 0) is 48.0 Å². The molecule has 0 amide bonds. The number of rotatable bonds is 7. The third-order valence-electron chi connectivity index (χ3n) is 4.06. The molecule has 0 aliphatic rings. The third-order valence-corrected chi connectivity index (χ3v) is 5.31. The van der Waals surface area contributed by atoms with Crippen LogP contribution in [0.5, 0.6) is 11.5 Å². The number of nitro groups is 1. The average Bonchev–Trinajstić information content (AvgIpc) is 2.72. The SMILES string of the molecule is COc1cc(C=Cc2[nH]c(=O)[nH]c(=O)c2[N+](=O)[O-])ccc1OS(=O)(=O)c1ccc(F)cc1. The van der Waals surface area contributed by atoms with E-state index in [1.807, 2.05) is 0 Å². The van der Waals surface area contributed by atoms with Crippen molar-refractivity contribution in [3.8, 4) is 11.5 Å². The predicted molar refractivity (Wildman–Crippen MR) is 110 cm³/mol. The highest BCUT2D eigenvalue weighted by Crippen LogP contribution is 2.31. The lowest BCUT2D eigenvalue weighted by molar-refractivity contribution is -0.386. The van der Waals surface area contributed by atoms with E-state index in [9.17, 15) is 32.5 Å². The summed E-state index contributed by atoms with van der Waals surface area (Å²) in [5.41, 5.74) is -2.89. The first-order chi connectivity index (χ1) is 15.1. The van der Waals surface area contributed by atoms with Crippen molar-refractivity contribution in [2.24, 2.45) is 0 Å². The summed E-state index contributed by atoms with van der Waals surface area (Å²) in [4.78, 5) is 36.9. The summed E-state index contributed by atoms with van der Waals surface area (Å²) in [5, 5.41) is 11.1. The maximum Gasteiger partial charge on any atom is 0.357 e. The molecule has 166 valence electrons. The van der Waals surface area contributed by atoms with Crippen molar-refractivity contribution >= 4 is 28.0 Å². The Kier molecular flexibility index (Phi) is 6.20. The van der Waals surface area contributed by atoms with Crippen LogP contribution < -0.4 is 20.2 Å². The number of benzene rings is 2. The van der Waals surface area contributed by atoms with Crippen LogP contribution in [0.15, 0.2) is 56.9 Å². The van der Waals surface area contributed by atoms with Gasteiger partial charge in [0.1, 0.15) is 16.4 Å². The van der Waals surface area contributed by atoms with Crippen LogP contribution in [0, 0.1) is 15.9 Å². The van der Waals surface area contributed by atoms with Crippen LogP contribution in [-0.4, -0.2) is 30.4 Å². The topological polar surface area (TPSA) is 161 Å². The van der Waals surface area contributed by atoms with Crippen molar-refractivity contribution in [2.75, 3.05) is 7.11 Å². The fourth-order valence-corrected chi connectivity index (χ4v) is 3.54. The second kappa shape index (κ2) is 8.85. The standard InChI is InChI=1S/C19H14FN3O8S/c1-30-16-10-11(2-8-14-17(23(26)27)18(24)22-19(25)21-14)3-9-15(16)31-32(28,29)13-6-4-12(20)5-7-13/h2-10H,1H3,(H2,21,22,24,25). The van der Waals surface area contributed by atoms with E-state index in [1.165, 1.54) is 31.4 Å². The first-order valence-electron chi connectivity index (χ1n) is 8.68. The average molecular weight is 463 g/mol. The minimum atomic E-state index is -4.27. The molecule has 0 aliphatic carbocycles. The Morgan fingerprint density at radius 1 is 1.03 bits per heavy atom. The lowest BCUT2D eigenvalue weighted by atomic mass is 10.1. The quantitative estimate of drug-likeness (QED) is 0.306. The van der Waals surface area contributed by atoms with E-state index in [4.69, 9.17) is 8.92 Å². The van der Waals surface area contributed by atoms with Gasteiger partial charge in [-0.25, -0.2) is 9.18 Å². The maximum absolute atomic E-state index is 13.0. The summed E-state index contributed by atoms with van der Waals surface area (Å²) in [6, 6.07) is 8.08. The molecule has 3 aromatic rings. The van der Waals surface area contributed by atoms with Gasteiger partial charge in [0.2, 0.25) is 0 Å². The van der Waals surface area contributed by atoms with Gasteiger partial charge in [0.15, 0.2) is 11.5 Å². The Morgan fingerprint density at radius 2 is 1.72 bits per heavy atom. The minimum absolute atomic E-state index is 0.00624. The highest BCUT2D eigenvalue weighted by atomic mass is 32.2. The molecular formula is C19H14FN3O8S. The summed E-state index contributed by atoms with van der Waals surface area (Å²) in [5.74, 6) is -0.768. The van der Waals surface area contributed by atoms with Crippen molar-refractivity contribution in [2.45, 2.75) is 4.90 Å². The number of aromatic nitrogens is 2. The zero-order chi connectivity index (χ0) is 23.5. The van der Waals surface area contributed by atoms with Gasteiger partial charge in [0, 0.05) is 0 Å². The van der Waals surface area contributed by atoms with Crippen LogP contribution in [0.3, 0.4) is 0 Å². The number of hydrogen-bond donors (Lipinski definition) is 2. The number of methoxy groups -OCH3 is 1. The molecule has 0 saturated carbocycles. The van der Waals surface area contributed by atoms with Gasteiger partial charge in [0.25, 0.3) is 0 Å². The van der Waals surface area contributed by atoms with Gasteiger partial charge in [-0.2, -0.15) is 8.42 Å².